The lowest BCUT2D eigenvalue weighted by Crippen LogP contribution is -2.11. The molecule has 0 N–H and O–H groups in total. The van der Waals surface area contributed by atoms with Crippen LogP contribution >= 0.6 is 27.5 Å². The second-order valence-electron chi connectivity index (χ2n) is 3.67. The molecule has 0 fully saturated rings. The van der Waals surface area contributed by atoms with Gasteiger partial charge in [0.15, 0.2) is 0 Å². The highest BCUT2D eigenvalue weighted by molar-refractivity contribution is 9.10. The highest BCUT2D eigenvalue weighted by Gasteiger charge is 2.18. The van der Waals surface area contributed by atoms with Crippen molar-refractivity contribution in [3.05, 3.63) is 34.3 Å². The Kier molecular flexibility index (Phi) is 4.97. The third kappa shape index (κ3) is 2.74. The molecule has 78 valence electrons. The molecule has 0 saturated heterocycles. The Bertz CT molecular complexity index is 285. The van der Waals surface area contributed by atoms with Crippen molar-refractivity contribution in [1.82, 2.24) is 0 Å². The van der Waals surface area contributed by atoms with E-state index in [1.807, 2.05) is 6.07 Å². The normalized spacial score (nSPS) is 15.1. The third-order valence-corrected chi connectivity index (χ3v) is 3.86. The van der Waals surface area contributed by atoms with Gasteiger partial charge in [0.05, 0.1) is 0 Å². The zero-order chi connectivity index (χ0) is 10.6. The van der Waals surface area contributed by atoms with Crippen molar-refractivity contribution < 1.29 is 0 Å². The largest absolute Gasteiger partial charge is 0.126 e. The van der Waals surface area contributed by atoms with E-state index in [0.717, 1.165) is 0 Å². The van der Waals surface area contributed by atoms with E-state index in [2.05, 4.69) is 48.0 Å². The molecule has 2 unspecified atom stereocenters. The van der Waals surface area contributed by atoms with Crippen LogP contribution in [0, 0.1) is 5.92 Å². The van der Waals surface area contributed by atoms with Gasteiger partial charge >= 0.3 is 0 Å². The summed E-state index contributed by atoms with van der Waals surface area (Å²) in [5.41, 5.74) is 1.33. The highest BCUT2D eigenvalue weighted by Crippen LogP contribution is 2.32. The quantitative estimate of drug-likeness (QED) is 0.691. The van der Waals surface area contributed by atoms with Gasteiger partial charge in [0.1, 0.15) is 0 Å². The molecule has 0 aliphatic heterocycles. The number of alkyl halides is 1. The maximum Gasteiger partial charge on any atom is 0.0295 e. The van der Waals surface area contributed by atoms with Gasteiger partial charge in [-0.2, -0.15) is 0 Å². The number of benzene rings is 1. The molecule has 0 bridgehead atoms. The maximum absolute atomic E-state index is 6.03. The number of hydrogen-bond donors (Lipinski definition) is 0. The van der Waals surface area contributed by atoms with E-state index >= 15 is 0 Å². The first kappa shape index (κ1) is 12.1. The molecule has 0 aliphatic carbocycles. The minimum atomic E-state index is 0.456. The second kappa shape index (κ2) is 5.77. The Morgan fingerprint density at radius 1 is 1.36 bits per heavy atom. The second-order valence-corrected chi connectivity index (χ2v) is 4.83. The minimum absolute atomic E-state index is 0.456. The lowest BCUT2D eigenvalue weighted by molar-refractivity contribution is 0.476. The summed E-state index contributed by atoms with van der Waals surface area (Å²) in [4.78, 5) is 0. The average Bonchev–Trinajstić information content (AvgIpc) is 2.21. The van der Waals surface area contributed by atoms with Crippen LogP contribution in [0.1, 0.15) is 31.7 Å². The van der Waals surface area contributed by atoms with Crippen LogP contribution < -0.4 is 0 Å². The molecule has 0 heterocycles. The zero-order valence-corrected chi connectivity index (χ0v) is 11.0. The van der Waals surface area contributed by atoms with Crippen LogP contribution in [-0.2, 0) is 0 Å². The molecule has 0 nitrogen and oxygen atoms in total. The molecule has 0 amide bonds. The number of hydrogen-bond acceptors (Lipinski definition) is 0. The van der Waals surface area contributed by atoms with Gasteiger partial charge in [-0.25, -0.2) is 0 Å². The first-order chi connectivity index (χ1) is 6.70. The van der Waals surface area contributed by atoms with E-state index in [0.29, 0.717) is 17.7 Å². The van der Waals surface area contributed by atoms with Crippen molar-refractivity contribution in [2.45, 2.75) is 26.2 Å². The molecule has 2 heteroatoms. The fraction of sp³-hybridized carbons (Fsp3) is 0.500. The standard InChI is InChI=1S/C12H16BrCl/c1-3-9(2)11(8-14)10-6-4-5-7-12(10)13/h4-7,9,11H,3,8H2,1-2H3. The summed E-state index contributed by atoms with van der Waals surface area (Å²) in [6.45, 7) is 4.47. The van der Waals surface area contributed by atoms with E-state index in [-0.39, 0.29) is 0 Å². The van der Waals surface area contributed by atoms with Gasteiger partial charge < -0.3 is 0 Å². The smallest absolute Gasteiger partial charge is 0.0295 e. The molecular weight excluding hydrogens is 259 g/mol. The van der Waals surface area contributed by atoms with E-state index in [1.54, 1.807) is 0 Å². The van der Waals surface area contributed by atoms with Crippen LogP contribution in [-0.4, -0.2) is 5.88 Å². The van der Waals surface area contributed by atoms with Crippen molar-refractivity contribution in [3.63, 3.8) is 0 Å². The van der Waals surface area contributed by atoms with E-state index in [4.69, 9.17) is 11.6 Å². The topological polar surface area (TPSA) is 0 Å². The zero-order valence-electron chi connectivity index (χ0n) is 8.63. The van der Waals surface area contributed by atoms with Gasteiger partial charge in [-0.3, -0.25) is 0 Å². The van der Waals surface area contributed by atoms with Crippen molar-refractivity contribution in [3.8, 4) is 0 Å². The van der Waals surface area contributed by atoms with Gasteiger partial charge in [0.2, 0.25) is 0 Å². The summed E-state index contributed by atoms with van der Waals surface area (Å²) in [6, 6.07) is 8.35. The number of rotatable bonds is 4. The molecule has 0 saturated carbocycles. The van der Waals surface area contributed by atoms with E-state index < -0.39 is 0 Å². The van der Waals surface area contributed by atoms with Gasteiger partial charge in [0, 0.05) is 16.3 Å². The van der Waals surface area contributed by atoms with Crippen LogP contribution in [0.15, 0.2) is 28.7 Å². The predicted octanol–water partition coefficient (Wildman–Crippen LogP) is 4.82. The Morgan fingerprint density at radius 2 is 2.00 bits per heavy atom. The lowest BCUT2D eigenvalue weighted by atomic mass is 9.87. The summed E-state index contributed by atoms with van der Waals surface area (Å²) < 4.78 is 1.17. The Labute approximate surface area is 99.8 Å². The minimum Gasteiger partial charge on any atom is -0.126 e. The first-order valence-electron chi connectivity index (χ1n) is 5.01. The molecule has 0 radical (unpaired) electrons. The Balaban J connectivity index is 2.94. The van der Waals surface area contributed by atoms with Gasteiger partial charge in [0.25, 0.3) is 0 Å². The number of halogens is 2. The molecular formula is C12H16BrCl. The lowest BCUT2D eigenvalue weighted by Gasteiger charge is -2.22. The summed E-state index contributed by atoms with van der Waals surface area (Å²) in [5, 5.41) is 0. The van der Waals surface area contributed by atoms with Crippen molar-refractivity contribution in [2.75, 3.05) is 5.88 Å². The summed E-state index contributed by atoms with van der Waals surface area (Å²) >= 11 is 9.60. The van der Waals surface area contributed by atoms with Crippen molar-refractivity contribution in [1.29, 1.82) is 0 Å². The van der Waals surface area contributed by atoms with Crippen LogP contribution in [0.25, 0.3) is 0 Å². The Hall–Kier alpha value is -0.0100. The fourth-order valence-corrected chi connectivity index (χ4v) is 2.65. The van der Waals surface area contributed by atoms with Gasteiger partial charge in [-0.15, -0.1) is 11.6 Å². The molecule has 1 aromatic rings. The van der Waals surface area contributed by atoms with Crippen LogP contribution in [0.2, 0.25) is 0 Å². The predicted molar refractivity (Wildman–Crippen MR) is 67.1 cm³/mol. The molecule has 2 atom stereocenters. The monoisotopic (exact) mass is 274 g/mol. The summed E-state index contributed by atoms with van der Waals surface area (Å²) in [6.07, 6.45) is 1.17. The molecule has 0 aromatic heterocycles. The van der Waals surface area contributed by atoms with E-state index in [1.165, 1.54) is 16.5 Å². The molecule has 0 aliphatic rings. The third-order valence-electron chi connectivity index (χ3n) is 2.80. The maximum atomic E-state index is 6.03. The fourth-order valence-electron chi connectivity index (χ4n) is 1.60. The van der Waals surface area contributed by atoms with Crippen LogP contribution in [0.5, 0.6) is 0 Å². The van der Waals surface area contributed by atoms with Crippen molar-refractivity contribution >= 4 is 27.5 Å². The SMILES string of the molecule is CCC(C)C(CCl)c1ccccc1Br. The molecule has 1 rings (SSSR count). The van der Waals surface area contributed by atoms with Crippen molar-refractivity contribution in [2.24, 2.45) is 5.92 Å². The molecule has 0 spiro atoms. The van der Waals surface area contributed by atoms with Crippen LogP contribution in [0.4, 0.5) is 0 Å². The van der Waals surface area contributed by atoms with Gasteiger partial charge in [-0.1, -0.05) is 54.4 Å². The first-order valence-corrected chi connectivity index (χ1v) is 6.33. The summed E-state index contributed by atoms with van der Waals surface area (Å²) in [5.74, 6) is 1.78. The molecule has 14 heavy (non-hydrogen) atoms. The van der Waals surface area contributed by atoms with Gasteiger partial charge in [-0.05, 0) is 17.5 Å². The Morgan fingerprint density at radius 3 is 2.50 bits per heavy atom. The highest BCUT2D eigenvalue weighted by atomic mass is 79.9. The van der Waals surface area contributed by atoms with E-state index in [9.17, 15) is 0 Å². The summed E-state index contributed by atoms with van der Waals surface area (Å²) in [7, 11) is 0. The molecule has 1 aromatic carbocycles. The van der Waals surface area contributed by atoms with Crippen LogP contribution in [0.3, 0.4) is 0 Å². The average molecular weight is 276 g/mol.